The molecule has 11 heteroatoms. The number of amides is 2. The molecule has 9 nitrogen and oxygen atoms in total. The molecule has 1 aromatic heterocycles. The van der Waals surface area contributed by atoms with Gasteiger partial charge < -0.3 is 19.7 Å². The highest BCUT2D eigenvalue weighted by molar-refractivity contribution is 7.99. The van der Waals surface area contributed by atoms with Crippen molar-refractivity contribution in [3.63, 3.8) is 0 Å². The van der Waals surface area contributed by atoms with Gasteiger partial charge in [0.05, 0.1) is 18.0 Å². The molecular formula is C22H22ClN5O4S. The van der Waals surface area contributed by atoms with E-state index in [4.69, 9.17) is 21.1 Å². The van der Waals surface area contributed by atoms with Crippen molar-refractivity contribution >= 4 is 40.9 Å². The van der Waals surface area contributed by atoms with Crippen LogP contribution in [0.5, 0.6) is 11.5 Å². The van der Waals surface area contributed by atoms with Crippen molar-refractivity contribution in [1.82, 2.24) is 19.7 Å². The van der Waals surface area contributed by atoms with Gasteiger partial charge in [0.1, 0.15) is 19.5 Å². The van der Waals surface area contributed by atoms with E-state index < -0.39 is 0 Å². The van der Waals surface area contributed by atoms with Crippen LogP contribution in [0.2, 0.25) is 5.02 Å². The number of aromatic nitrogens is 3. The third kappa shape index (κ3) is 5.77. The van der Waals surface area contributed by atoms with E-state index in [1.54, 1.807) is 41.2 Å². The fraction of sp³-hybridized carbons (Fsp3) is 0.273. The zero-order chi connectivity index (χ0) is 23.2. The van der Waals surface area contributed by atoms with E-state index in [0.29, 0.717) is 47.1 Å². The van der Waals surface area contributed by atoms with Gasteiger partial charge in [0, 0.05) is 23.3 Å². The minimum absolute atomic E-state index is 0.0642. The molecule has 1 N–H and O–H groups in total. The first-order valence-corrected chi connectivity index (χ1v) is 11.7. The molecule has 0 aliphatic carbocycles. The lowest BCUT2D eigenvalue weighted by Crippen LogP contribution is -2.38. The number of rotatable bonds is 8. The zero-order valence-electron chi connectivity index (χ0n) is 17.9. The molecular weight excluding hydrogens is 466 g/mol. The Balaban J connectivity index is 1.33. The van der Waals surface area contributed by atoms with Crippen LogP contribution in [0.3, 0.4) is 0 Å². The quantitative estimate of drug-likeness (QED) is 0.487. The van der Waals surface area contributed by atoms with E-state index >= 15 is 0 Å². The molecule has 1 aliphatic rings. The molecule has 172 valence electrons. The van der Waals surface area contributed by atoms with E-state index in [-0.39, 0.29) is 24.1 Å². The Kier molecular flexibility index (Phi) is 7.36. The van der Waals surface area contributed by atoms with Gasteiger partial charge in [0.25, 0.3) is 0 Å². The van der Waals surface area contributed by atoms with Crippen LogP contribution >= 0.6 is 23.4 Å². The topological polar surface area (TPSA) is 98.6 Å². The highest BCUT2D eigenvalue weighted by atomic mass is 35.5. The molecule has 33 heavy (non-hydrogen) atoms. The number of carbonyl (C=O) groups is 2. The largest absolute Gasteiger partial charge is 0.486 e. The molecule has 0 radical (unpaired) electrons. The summed E-state index contributed by atoms with van der Waals surface area (Å²) in [4.78, 5) is 26.8. The van der Waals surface area contributed by atoms with Crippen molar-refractivity contribution in [3.8, 4) is 17.2 Å². The Hall–Kier alpha value is -3.24. The summed E-state index contributed by atoms with van der Waals surface area (Å²) >= 11 is 7.32. The Bertz CT molecular complexity index is 1160. The molecule has 2 amide bonds. The molecule has 2 aromatic carbocycles. The maximum absolute atomic E-state index is 12.8. The number of hydrogen-bond acceptors (Lipinski definition) is 7. The van der Waals surface area contributed by atoms with Crippen LogP contribution in [0, 0.1) is 0 Å². The number of nitrogens with zero attached hydrogens (tertiary/aromatic N) is 4. The van der Waals surface area contributed by atoms with E-state index in [2.05, 4.69) is 15.5 Å². The number of anilines is 1. The number of thioether (sulfide) groups is 1. The SMILES string of the molecule is CCN(CC(=O)Nc1ccc2c(c1)OCCO2)C(=O)CSc1nncn1-c1cccc(Cl)c1. The van der Waals surface area contributed by atoms with Crippen molar-refractivity contribution in [1.29, 1.82) is 0 Å². The molecule has 0 bridgehead atoms. The summed E-state index contributed by atoms with van der Waals surface area (Å²) in [5, 5.41) is 12.0. The molecule has 1 aliphatic heterocycles. The minimum atomic E-state index is -0.297. The first-order valence-electron chi connectivity index (χ1n) is 10.3. The number of fused-ring (bicyclic) bond motifs is 1. The predicted molar refractivity (Wildman–Crippen MR) is 125 cm³/mol. The Labute approximate surface area is 200 Å². The third-order valence-corrected chi connectivity index (χ3v) is 5.99. The number of nitrogens with one attached hydrogen (secondary N) is 1. The molecule has 0 spiro atoms. The van der Waals surface area contributed by atoms with Gasteiger partial charge in [-0.2, -0.15) is 0 Å². The number of halogens is 1. The second-order valence-electron chi connectivity index (χ2n) is 7.07. The predicted octanol–water partition coefficient (Wildman–Crippen LogP) is 3.27. The number of carbonyl (C=O) groups excluding carboxylic acids is 2. The van der Waals surface area contributed by atoms with Crippen LogP contribution in [-0.4, -0.2) is 63.5 Å². The number of benzene rings is 2. The average molecular weight is 488 g/mol. The van der Waals surface area contributed by atoms with Crippen molar-refractivity contribution in [2.75, 3.05) is 37.4 Å². The van der Waals surface area contributed by atoms with Crippen LogP contribution in [0.4, 0.5) is 5.69 Å². The smallest absolute Gasteiger partial charge is 0.243 e. The molecule has 0 saturated heterocycles. The third-order valence-electron chi connectivity index (χ3n) is 4.82. The van der Waals surface area contributed by atoms with Gasteiger partial charge in [-0.15, -0.1) is 10.2 Å². The van der Waals surface area contributed by atoms with E-state index in [1.165, 1.54) is 16.7 Å². The summed E-state index contributed by atoms with van der Waals surface area (Å²) in [6.45, 7) is 3.12. The number of hydrogen-bond donors (Lipinski definition) is 1. The van der Waals surface area contributed by atoms with Gasteiger partial charge in [0.15, 0.2) is 16.7 Å². The Morgan fingerprint density at radius 2 is 2.00 bits per heavy atom. The van der Waals surface area contributed by atoms with Crippen LogP contribution < -0.4 is 14.8 Å². The molecule has 2 heterocycles. The zero-order valence-corrected chi connectivity index (χ0v) is 19.4. The molecule has 4 rings (SSSR count). The van der Waals surface area contributed by atoms with Crippen LogP contribution in [0.25, 0.3) is 5.69 Å². The van der Waals surface area contributed by atoms with E-state index in [9.17, 15) is 9.59 Å². The van der Waals surface area contributed by atoms with Crippen molar-refractivity contribution in [2.24, 2.45) is 0 Å². The maximum Gasteiger partial charge on any atom is 0.243 e. The van der Waals surface area contributed by atoms with Crippen LogP contribution in [0.15, 0.2) is 53.9 Å². The molecule has 3 aromatic rings. The van der Waals surface area contributed by atoms with Gasteiger partial charge in [-0.1, -0.05) is 29.4 Å². The summed E-state index contributed by atoms with van der Waals surface area (Å²) in [6, 6.07) is 12.5. The van der Waals surface area contributed by atoms with Crippen molar-refractivity contribution in [3.05, 3.63) is 53.8 Å². The van der Waals surface area contributed by atoms with Crippen LogP contribution in [-0.2, 0) is 9.59 Å². The van der Waals surface area contributed by atoms with Crippen molar-refractivity contribution < 1.29 is 19.1 Å². The molecule has 0 atom stereocenters. The lowest BCUT2D eigenvalue weighted by Gasteiger charge is -2.21. The van der Waals surface area contributed by atoms with Crippen LogP contribution in [0.1, 0.15) is 6.92 Å². The van der Waals surface area contributed by atoms with E-state index in [1.807, 2.05) is 19.1 Å². The van der Waals surface area contributed by atoms with Gasteiger partial charge in [-0.3, -0.25) is 14.2 Å². The average Bonchev–Trinajstić information content (AvgIpc) is 3.29. The standard InChI is InChI=1S/C22H22ClN5O4S/c1-2-27(12-20(29)25-16-6-7-18-19(11-16)32-9-8-31-18)21(30)13-33-22-26-24-14-28(22)17-5-3-4-15(23)10-17/h3-7,10-11,14H,2,8-9,12-13H2,1H3,(H,25,29). The molecule has 0 unspecified atom stereocenters. The first-order chi connectivity index (χ1) is 16.0. The summed E-state index contributed by atoms with van der Waals surface area (Å²) in [5.41, 5.74) is 1.38. The highest BCUT2D eigenvalue weighted by Crippen LogP contribution is 2.32. The monoisotopic (exact) mass is 487 g/mol. The summed E-state index contributed by atoms with van der Waals surface area (Å²) in [7, 11) is 0. The fourth-order valence-electron chi connectivity index (χ4n) is 3.21. The van der Waals surface area contributed by atoms with Crippen molar-refractivity contribution in [2.45, 2.75) is 12.1 Å². The fourth-order valence-corrected chi connectivity index (χ4v) is 4.23. The summed E-state index contributed by atoms with van der Waals surface area (Å²) < 4.78 is 12.8. The Morgan fingerprint density at radius 1 is 1.18 bits per heavy atom. The van der Waals surface area contributed by atoms with Gasteiger partial charge in [-0.25, -0.2) is 0 Å². The molecule has 0 fully saturated rings. The molecule has 0 saturated carbocycles. The second kappa shape index (κ2) is 10.6. The maximum atomic E-state index is 12.8. The highest BCUT2D eigenvalue weighted by Gasteiger charge is 2.19. The van der Waals surface area contributed by atoms with Gasteiger partial charge in [-0.05, 0) is 37.3 Å². The summed E-state index contributed by atoms with van der Waals surface area (Å²) in [6.07, 6.45) is 1.57. The van der Waals surface area contributed by atoms with Gasteiger partial charge >= 0.3 is 0 Å². The normalized spacial score (nSPS) is 12.3. The minimum Gasteiger partial charge on any atom is -0.486 e. The summed E-state index contributed by atoms with van der Waals surface area (Å²) in [5.74, 6) is 0.870. The first kappa shape index (κ1) is 22.9. The number of ether oxygens (including phenoxy) is 2. The second-order valence-corrected chi connectivity index (χ2v) is 8.45. The Morgan fingerprint density at radius 3 is 2.79 bits per heavy atom. The lowest BCUT2D eigenvalue weighted by atomic mass is 10.2. The lowest BCUT2D eigenvalue weighted by molar-refractivity contribution is -0.132. The van der Waals surface area contributed by atoms with E-state index in [0.717, 1.165) is 5.69 Å². The number of likely N-dealkylation sites (N-methyl/N-ethyl adjacent to an activating group) is 1. The van der Waals surface area contributed by atoms with Gasteiger partial charge in [0.2, 0.25) is 11.8 Å².